The second kappa shape index (κ2) is 7.46. The van der Waals surface area contributed by atoms with Gasteiger partial charge in [-0.3, -0.25) is 10.1 Å². The van der Waals surface area contributed by atoms with Crippen molar-refractivity contribution in [2.45, 2.75) is 58.3 Å². The Morgan fingerprint density at radius 2 is 1.70 bits per heavy atom. The molecular weight excluding hydrogens is 296 g/mol. The minimum absolute atomic E-state index is 0.386. The Morgan fingerprint density at radius 1 is 1.13 bits per heavy atom. The molecular formula is C17H26N2O4. The Bertz CT molecular complexity index is 535. The molecule has 0 saturated heterocycles. The van der Waals surface area contributed by atoms with Crippen molar-refractivity contribution in [2.24, 2.45) is 0 Å². The summed E-state index contributed by atoms with van der Waals surface area (Å²) in [6.45, 7) is 8.93. The summed E-state index contributed by atoms with van der Waals surface area (Å²) < 4.78 is 5.20. The van der Waals surface area contributed by atoms with Gasteiger partial charge >= 0.3 is 12.1 Å². The van der Waals surface area contributed by atoms with Gasteiger partial charge in [0, 0.05) is 6.54 Å². The molecule has 1 aromatic rings. The summed E-state index contributed by atoms with van der Waals surface area (Å²) in [7, 11) is 0. The summed E-state index contributed by atoms with van der Waals surface area (Å²) in [5.74, 6) is -1.04. The Balaban J connectivity index is 2.74. The van der Waals surface area contributed by atoms with E-state index in [2.05, 4.69) is 10.6 Å². The summed E-state index contributed by atoms with van der Waals surface area (Å²) in [6, 6.07) is 8.51. The standard InChI is InChI=1S/C17H26N2O4/c1-16(2,3)23-15(22)19-17(4,5)13(14(20)21)18-11-12-9-7-6-8-10-12/h6-10,13,18H,11H2,1-5H3,(H,19,22)(H,20,21). The van der Waals surface area contributed by atoms with E-state index in [1.807, 2.05) is 30.3 Å². The fourth-order valence-electron chi connectivity index (χ4n) is 2.11. The van der Waals surface area contributed by atoms with Crippen molar-refractivity contribution in [3.63, 3.8) is 0 Å². The zero-order chi connectivity index (χ0) is 17.7. The number of carbonyl (C=O) groups is 2. The van der Waals surface area contributed by atoms with Crippen LogP contribution in [0.1, 0.15) is 40.2 Å². The molecule has 0 aromatic heterocycles. The number of benzene rings is 1. The first-order valence-corrected chi connectivity index (χ1v) is 7.52. The maximum absolute atomic E-state index is 11.9. The molecule has 1 unspecified atom stereocenters. The lowest BCUT2D eigenvalue weighted by molar-refractivity contribution is -0.141. The van der Waals surface area contributed by atoms with Gasteiger partial charge in [-0.1, -0.05) is 30.3 Å². The Kier molecular flexibility index (Phi) is 6.15. The molecule has 3 N–H and O–H groups in total. The van der Waals surface area contributed by atoms with Gasteiger partial charge in [0.2, 0.25) is 0 Å². The van der Waals surface area contributed by atoms with Crippen molar-refractivity contribution in [1.82, 2.24) is 10.6 Å². The van der Waals surface area contributed by atoms with Gasteiger partial charge in [-0.15, -0.1) is 0 Å². The fraction of sp³-hybridized carbons (Fsp3) is 0.529. The smallest absolute Gasteiger partial charge is 0.408 e. The first kappa shape index (κ1) is 19.0. The van der Waals surface area contributed by atoms with Gasteiger partial charge in [-0.25, -0.2) is 4.79 Å². The third-order valence-electron chi connectivity index (χ3n) is 3.14. The van der Waals surface area contributed by atoms with Crippen LogP contribution < -0.4 is 10.6 Å². The number of hydrogen-bond acceptors (Lipinski definition) is 4. The summed E-state index contributed by atoms with van der Waals surface area (Å²) >= 11 is 0. The second-order valence-corrected chi connectivity index (χ2v) is 6.99. The molecule has 0 saturated carbocycles. The van der Waals surface area contributed by atoms with E-state index < -0.39 is 29.2 Å². The normalized spacial score (nSPS) is 13.3. The highest BCUT2D eigenvalue weighted by Crippen LogP contribution is 2.14. The SMILES string of the molecule is CC(C)(C)OC(=O)NC(C)(C)C(NCc1ccccc1)C(=O)O. The summed E-state index contributed by atoms with van der Waals surface area (Å²) in [6.07, 6.45) is -0.643. The van der Waals surface area contributed by atoms with Gasteiger partial charge in [-0.2, -0.15) is 0 Å². The molecule has 6 nitrogen and oxygen atoms in total. The maximum Gasteiger partial charge on any atom is 0.408 e. The molecule has 0 heterocycles. The van der Waals surface area contributed by atoms with Gasteiger partial charge < -0.3 is 15.2 Å². The first-order chi connectivity index (χ1) is 10.5. The molecule has 0 fully saturated rings. The minimum atomic E-state index is -1.04. The van der Waals surface area contributed by atoms with Crippen LogP contribution in [0.4, 0.5) is 4.79 Å². The van der Waals surface area contributed by atoms with Gasteiger partial charge in [0.15, 0.2) is 0 Å². The van der Waals surface area contributed by atoms with Crippen molar-refractivity contribution in [1.29, 1.82) is 0 Å². The monoisotopic (exact) mass is 322 g/mol. The molecule has 0 bridgehead atoms. The van der Waals surface area contributed by atoms with E-state index in [0.29, 0.717) is 6.54 Å². The highest BCUT2D eigenvalue weighted by molar-refractivity contribution is 5.77. The van der Waals surface area contributed by atoms with E-state index in [0.717, 1.165) is 5.56 Å². The highest BCUT2D eigenvalue weighted by atomic mass is 16.6. The first-order valence-electron chi connectivity index (χ1n) is 7.52. The summed E-state index contributed by atoms with van der Waals surface area (Å²) in [5, 5.41) is 15.1. The second-order valence-electron chi connectivity index (χ2n) is 6.99. The average Bonchev–Trinajstić information content (AvgIpc) is 2.36. The third kappa shape index (κ3) is 6.69. The van der Waals surface area contributed by atoms with Gasteiger partial charge in [-0.05, 0) is 40.2 Å². The quantitative estimate of drug-likeness (QED) is 0.749. The van der Waals surface area contributed by atoms with Crippen LogP contribution in [-0.2, 0) is 16.1 Å². The molecule has 0 radical (unpaired) electrons. The maximum atomic E-state index is 11.9. The molecule has 6 heteroatoms. The third-order valence-corrected chi connectivity index (χ3v) is 3.14. The van der Waals surface area contributed by atoms with Crippen LogP contribution in [0.2, 0.25) is 0 Å². The lowest BCUT2D eigenvalue weighted by Crippen LogP contribution is -2.61. The average molecular weight is 322 g/mol. The fourth-order valence-corrected chi connectivity index (χ4v) is 2.11. The van der Waals surface area contributed by atoms with E-state index in [1.54, 1.807) is 34.6 Å². The number of nitrogens with one attached hydrogen (secondary N) is 2. The molecule has 0 aliphatic heterocycles. The molecule has 0 spiro atoms. The number of alkyl carbamates (subject to hydrolysis) is 1. The minimum Gasteiger partial charge on any atom is -0.480 e. The van der Waals surface area contributed by atoms with Crippen molar-refractivity contribution >= 4 is 12.1 Å². The molecule has 1 amide bonds. The van der Waals surface area contributed by atoms with Crippen LogP contribution in [-0.4, -0.2) is 34.4 Å². The number of ether oxygens (including phenoxy) is 1. The van der Waals surface area contributed by atoms with Crippen LogP contribution in [0.25, 0.3) is 0 Å². The van der Waals surface area contributed by atoms with Gasteiger partial charge in [0.1, 0.15) is 11.6 Å². The number of carbonyl (C=O) groups excluding carboxylic acids is 1. The number of rotatable bonds is 6. The van der Waals surface area contributed by atoms with Crippen molar-refractivity contribution < 1.29 is 19.4 Å². The van der Waals surface area contributed by atoms with Crippen LogP contribution >= 0.6 is 0 Å². The Labute approximate surface area is 137 Å². The topological polar surface area (TPSA) is 87.7 Å². The van der Waals surface area contributed by atoms with E-state index in [4.69, 9.17) is 4.74 Å². The molecule has 0 aliphatic carbocycles. The largest absolute Gasteiger partial charge is 0.480 e. The van der Waals surface area contributed by atoms with E-state index in [1.165, 1.54) is 0 Å². The zero-order valence-corrected chi connectivity index (χ0v) is 14.3. The van der Waals surface area contributed by atoms with E-state index >= 15 is 0 Å². The molecule has 0 aliphatic rings. The molecule has 128 valence electrons. The number of carboxylic acids is 1. The number of hydrogen-bond donors (Lipinski definition) is 3. The molecule has 1 rings (SSSR count). The van der Waals surface area contributed by atoms with Crippen molar-refractivity contribution in [3.05, 3.63) is 35.9 Å². The molecule has 1 atom stereocenters. The molecule has 1 aromatic carbocycles. The predicted octanol–water partition coefficient (Wildman–Crippen LogP) is 2.53. The Hall–Kier alpha value is -2.08. The van der Waals surface area contributed by atoms with Gasteiger partial charge in [0.25, 0.3) is 0 Å². The lowest BCUT2D eigenvalue weighted by Gasteiger charge is -2.34. The Morgan fingerprint density at radius 3 is 2.17 bits per heavy atom. The van der Waals surface area contributed by atoms with Crippen LogP contribution in [0.3, 0.4) is 0 Å². The lowest BCUT2D eigenvalue weighted by atomic mass is 9.94. The molecule has 23 heavy (non-hydrogen) atoms. The number of aliphatic carboxylic acids is 1. The van der Waals surface area contributed by atoms with Crippen LogP contribution in [0, 0.1) is 0 Å². The van der Waals surface area contributed by atoms with Gasteiger partial charge in [0.05, 0.1) is 5.54 Å². The van der Waals surface area contributed by atoms with Crippen LogP contribution in [0.15, 0.2) is 30.3 Å². The zero-order valence-electron chi connectivity index (χ0n) is 14.3. The van der Waals surface area contributed by atoms with E-state index in [9.17, 15) is 14.7 Å². The van der Waals surface area contributed by atoms with Crippen molar-refractivity contribution in [2.75, 3.05) is 0 Å². The summed E-state index contributed by atoms with van der Waals surface area (Å²) in [5.41, 5.74) is -0.703. The highest BCUT2D eigenvalue weighted by Gasteiger charge is 2.37. The van der Waals surface area contributed by atoms with E-state index in [-0.39, 0.29) is 0 Å². The van der Waals surface area contributed by atoms with Crippen LogP contribution in [0.5, 0.6) is 0 Å². The summed E-state index contributed by atoms with van der Waals surface area (Å²) in [4.78, 5) is 23.5. The predicted molar refractivity (Wildman–Crippen MR) is 88.2 cm³/mol. The van der Waals surface area contributed by atoms with Crippen molar-refractivity contribution in [3.8, 4) is 0 Å². The number of amides is 1. The number of carboxylic acid groups (broad SMARTS) is 1.